The van der Waals surface area contributed by atoms with Gasteiger partial charge in [0.2, 0.25) is 0 Å². The van der Waals surface area contributed by atoms with Crippen LogP contribution in [0.1, 0.15) is 66.2 Å². The summed E-state index contributed by atoms with van der Waals surface area (Å²) in [5.41, 5.74) is 0.451. The van der Waals surface area contributed by atoms with Gasteiger partial charge in [-0.05, 0) is 25.2 Å². The minimum Gasteiger partial charge on any atom is -0.466 e. The molecule has 0 unspecified atom stereocenters. The van der Waals surface area contributed by atoms with Crippen molar-refractivity contribution in [2.45, 2.75) is 66.2 Å². The van der Waals surface area contributed by atoms with Crippen molar-refractivity contribution in [1.82, 2.24) is 0 Å². The lowest BCUT2D eigenvalue weighted by molar-refractivity contribution is -0.143. The third-order valence-corrected chi connectivity index (χ3v) is 3.64. The van der Waals surface area contributed by atoms with E-state index in [9.17, 15) is 4.79 Å². The van der Waals surface area contributed by atoms with Crippen LogP contribution in [0.5, 0.6) is 0 Å². The van der Waals surface area contributed by atoms with E-state index in [0.29, 0.717) is 18.4 Å². The molecule has 2 heteroatoms. The SMILES string of the molecule is CCOC(=O)CCCC(CC)(CC)CC. The van der Waals surface area contributed by atoms with Crippen molar-refractivity contribution in [2.24, 2.45) is 5.41 Å². The van der Waals surface area contributed by atoms with Gasteiger partial charge in [-0.1, -0.05) is 40.0 Å². The summed E-state index contributed by atoms with van der Waals surface area (Å²) in [6, 6.07) is 0. The van der Waals surface area contributed by atoms with Gasteiger partial charge in [0.15, 0.2) is 0 Å². The Balaban J connectivity index is 3.85. The van der Waals surface area contributed by atoms with Crippen LogP contribution in [0, 0.1) is 5.41 Å². The highest BCUT2D eigenvalue weighted by Crippen LogP contribution is 2.35. The topological polar surface area (TPSA) is 26.3 Å². The molecule has 0 bridgehead atoms. The van der Waals surface area contributed by atoms with Crippen LogP contribution in [0.2, 0.25) is 0 Å². The molecule has 0 saturated heterocycles. The molecule has 0 saturated carbocycles. The molecule has 0 aromatic rings. The molecule has 0 aliphatic rings. The number of hydrogen-bond donors (Lipinski definition) is 0. The molecular formula is C13H26O2. The van der Waals surface area contributed by atoms with Gasteiger partial charge in [-0.25, -0.2) is 0 Å². The number of ether oxygens (including phenoxy) is 1. The van der Waals surface area contributed by atoms with Crippen LogP contribution in [-0.4, -0.2) is 12.6 Å². The molecule has 90 valence electrons. The molecule has 0 rings (SSSR count). The Labute approximate surface area is 94.4 Å². The van der Waals surface area contributed by atoms with Gasteiger partial charge in [-0.2, -0.15) is 0 Å². The summed E-state index contributed by atoms with van der Waals surface area (Å²) >= 11 is 0. The van der Waals surface area contributed by atoms with E-state index < -0.39 is 0 Å². The molecule has 2 nitrogen and oxygen atoms in total. The van der Waals surface area contributed by atoms with Gasteiger partial charge in [0.05, 0.1) is 6.61 Å². The molecule has 0 aliphatic heterocycles. The average Bonchev–Trinajstić information content (AvgIpc) is 2.25. The van der Waals surface area contributed by atoms with Crippen LogP contribution in [0.3, 0.4) is 0 Å². The highest BCUT2D eigenvalue weighted by Gasteiger charge is 2.23. The van der Waals surface area contributed by atoms with E-state index in [1.807, 2.05) is 6.92 Å². The molecule has 0 aliphatic carbocycles. The fourth-order valence-electron chi connectivity index (χ4n) is 2.12. The second-order valence-corrected chi connectivity index (χ2v) is 4.22. The van der Waals surface area contributed by atoms with Gasteiger partial charge in [-0.3, -0.25) is 4.79 Å². The fourth-order valence-corrected chi connectivity index (χ4v) is 2.12. The third kappa shape index (κ3) is 5.19. The number of carbonyl (C=O) groups excluding carboxylic acids is 1. The van der Waals surface area contributed by atoms with Crippen molar-refractivity contribution in [3.63, 3.8) is 0 Å². The van der Waals surface area contributed by atoms with E-state index in [2.05, 4.69) is 20.8 Å². The maximum atomic E-state index is 11.2. The molecular weight excluding hydrogens is 188 g/mol. The first-order chi connectivity index (χ1) is 7.14. The molecule has 0 N–H and O–H groups in total. The second-order valence-electron chi connectivity index (χ2n) is 4.22. The summed E-state index contributed by atoms with van der Waals surface area (Å²) in [6.45, 7) is 9.09. The van der Waals surface area contributed by atoms with E-state index in [1.54, 1.807) is 0 Å². The number of esters is 1. The summed E-state index contributed by atoms with van der Waals surface area (Å²) in [7, 11) is 0. The average molecular weight is 214 g/mol. The van der Waals surface area contributed by atoms with Crippen LogP contribution in [0.4, 0.5) is 0 Å². The molecule has 0 aromatic heterocycles. The second kappa shape index (κ2) is 7.72. The molecule has 0 aromatic carbocycles. The summed E-state index contributed by atoms with van der Waals surface area (Å²) in [4.78, 5) is 11.2. The lowest BCUT2D eigenvalue weighted by atomic mass is 9.76. The predicted octanol–water partition coefficient (Wildman–Crippen LogP) is 3.94. The van der Waals surface area contributed by atoms with E-state index in [1.165, 1.54) is 19.3 Å². The Morgan fingerprint density at radius 2 is 1.60 bits per heavy atom. The maximum Gasteiger partial charge on any atom is 0.305 e. The smallest absolute Gasteiger partial charge is 0.305 e. The fraction of sp³-hybridized carbons (Fsp3) is 0.923. The van der Waals surface area contributed by atoms with Crippen molar-refractivity contribution in [1.29, 1.82) is 0 Å². The Bertz CT molecular complexity index is 163. The lowest BCUT2D eigenvalue weighted by Gasteiger charge is -2.30. The molecule has 0 spiro atoms. The van der Waals surface area contributed by atoms with Crippen molar-refractivity contribution in [3.8, 4) is 0 Å². The minimum absolute atomic E-state index is 0.0466. The first-order valence-electron chi connectivity index (χ1n) is 6.29. The Kier molecular flexibility index (Phi) is 7.45. The highest BCUT2D eigenvalue weighted by atomic mass is 16.5. The van der Waals surface area contributed by atoms with Gasteiger partial charge in [-0.15, -0.1) is 0 Å². The molecule has 0 radical (unpaired) electrons. The standard InChI is InChI=1S/C13H26O2/c1-5-13(6-2,7-3)11-9-10-12(14)15-8-4/h5-11H2,1-4H3. The normalized spacial score (nSPS) is 11.5. The quantitative estimate of drug-likeness (QED) is 0.572. The van der Waals surface area contributed by atoms with E-state index in [4.69, 9.17) is 4.74 Å². The highest BCUT2D eigenvalue weighted by molar-refractivity contribution is 5.69. The molecule has 0 heterocycles. The maximum absolute atomic E-state index is 11.2. The van der Waals surface area contributed by atoms with Gasteiger partial charge in [0, 0.05) is 6.42 Å². The Morgan fingerprint density at radius 1 is 1.07 bits per heavy atom. The zero-order valence-corrected chi connectivity index (χ0v) is 10.8. The van der Waals surface area contributed by atoms with Gasteiger partial charge in [0.25, 0.3) is 0 Å². The number of carbonyl (C=O) groups is 1. The van der Waals surface area contributed by atoms with Gasteiger partial charge in [0.1, 0.15) is 0 Å². The molecule has 15 heavy (non-hydrogen) atoms. The van der Waals surface area contributed by atoms with Gasteiger partial charge < -0.3 is 4.74 Å². The first kappa shape index (κ1) is 14.5. The Morgan fingerprint density at radius 3 is 2.00 bits per heavy atom. The summed E-state index contributed by atoms with van der Waals surface area (Å²) in [5.74, 6) is -0.0466. The van der Waals surface area contributed by atoms with Crippen molar-refractivity contribution in [3.05, 3.63) is 0 Å². The minimum atomic E-state index is -0.0466. The number of hydrogen-bond acceptors (Lipinski definition) is 2. The Hall–Kier alpha value is -0.530. The molecule has 0 fully saturated rings. The third-order valence-electron chi connectivity index (χ3n) is 3.64. The van der Waals surface area contributed by atoms with Crippen molar-refractivity contribution >= 4 is 5.97 Å². The number of rotatable bonds is 8. The predicted molar refractivity (Wildman–Crippen MR) is 63.8 cm³/mol. The van der Waals surface area contributed by atoms with E-state index in [0.717, 1.165) is 12.8 Å². The van der Waals surface area contributed by atoms with E-state index >= 15 is 0 Å². The van der Waals surface area contributed by atoms with E-state index in [-0.39, 0.29) is 5.97 Å². The van der Waals surface area contributed by atoms with Gasteiger partial charge >= 0.3 is 5.97 Å². The molecule has 0 amide bonds. The van der Waals surface area contributed by atoms with Crippen LogP contribution < -0.4 is 0 Å². The summed E-state index contributed by atoms with van der Waals surface area (Å²) in [5, 5.41) is 0. The lowest BCUT2D eigenvalue weighted by Crippen LogP contribution is -2.18. The summed E-state index contributed by atoms with van der Waals surface area (Å²) in [6.07, 6.45) is 6.33. The van der Waals surface area contributed by atoms with Crippen LogP contribution in [-0.2, 0) is 9.53 Å². The zero-order valence-electron chi connectivity index (χ0n) is 10.8. The zero-order chi connectivity index (χ0) is 11.7. The largest absolute Gasteiger partial charge is 0.466 e. The van der Waals surface area contributed by atoms with Crippen LogP contribution in [0.15, 0.2) is 0 Å². The van der Waals surface area contributed by atoms with Crippen LogP contribution in [0.25, 0.3) is 0 Å². The summed E-state index contributed by atoms with van der Waals surface area (Å²) < 4.78 is 4.92. The van der Waals surface area contributed by atoms with Crippen molar-refractivity contribution in [2.75, 3.05) is 6.61 Å². The molecule has 0 atom stereocenters. The van der Waals surface area contributed by atoms with Crippen molar-refractivity contribution < 1.29 is 9.53 Å². The monoisotopic (exact) mass is 214 g/mol. The van der Waals surface area contributed by atoms with Crippen LogP contribution >= 0.6 is 0 Å². The first-order valence-corrected chi connectivity index (χ1v) is 6.29.